The lowest BCUT2D eigenvalue weighted by molar-refractivity contribution is 0.169. The van der Waals surface area contributed by atoms with Gasteiger partial charge in [-0.05, 0) is 12.0 Å². The van der Waals surface area contributed by atoms with Crippen molar-refractivity contribution in [2.24, 2.45) is 0 Å². The Kier molecular flexibility index (Phi) is 3.14. The van der Waals surface area contributed by atoms with Gasteiger partial charge in [0.15, 0.2) is 0 Å². The minimum absolute atomic E-state index is 0.409. The molecular weight excluding hydrogens is 154 g/mol. The van der Waals surface area contributed by atoms with Crippen LogP contribution in [0.4, 0.5) is 4.79 Å². The van der Waals surface area contributed by atoms with Crippen LogP contribution in [-0.2, 0) is 11.5 Å². The smallest absolute Gasteiger partial charge is 0.318 e. The lowest BCUT2D eigenvalue weighted by Crippen LogP contribution is -2.22. The molecule has 1 radical (unpaired) electrons. The highest BCUT2D eigenvalue weighted by molar-refractivity contribution is 5.63. The Labute approximate surface area is 71.0 Å². The summed E-state index contributed by atoms with van der Waals surface area (Å²) in [4.78, 5) is 9.97. The maximum absolute atomic E-state index is 9.97. The summed E-state index contributed by atoms with van der Waals surface area (Å²) in [5, 5.41) is 12.2. The van der Waals surface area contributed by atoms with Gasteiger partial charge in [0.2, 0.25) is 0 Å². The molecule has 0 fully saturated rings. The standard InChI is InChI=1S/C9H10NO2/c11-9(12)10-7-6-8-4-2-1-3-5-8/h1-5,10H,6-7H2. The molecule has 0 heterocycles. The predicted octanol–water partition coefficient (Wildman–Crippen LogP) is 1.37. The first kappa shape index (κ1) is 8.59. The summed E-state index contributed by atoms with van der Waals surface area (Å²) in [7, 11) is 0. The van der Waals surface area contributed by atoms with Crippen molar-refractivity contribution in [2.75, 3.05) is 6.54 Å². The maximum atomic E-state index is 9.97. The molecule has 0 saturated heterocycles. The van der Waals surface area contributed by atoms with Gasteiger partial charge >= 0.3 is 6.09 Å². The van der Waals surface area contributed by atoms with Gasteiger partial charge in [-0.15, -0.1) is 0 Å². The zero-order valence-corrected chi connectivity index (χ0v) is 6.62. The van der Waals surface area contributed by atoms with E-state index in [0.717, 1.165) is 5.56 Å². The van der Waals surface area contributed by atoms with Gasteiger partial charge in [-0.3, -0.25) is 0 Å². The van der Waals surface area contributed by atoms with Gasteiger partial charge in [-0.1, -0.05) is 30.3 Å². The number of hydrogen-bond donors (Lipinski definition) is 1. The van der Waals surface area contributed by atoms with E-state index in [9.17, 15) is 9.90 Å². The topological polar surface area (TPSA) is 49.0 Å². The third kappa shape index (κ3) is 3.05. The van der Waals surface area contributed by atoms with Crippen LogP contribution < -0.4 is 5.32 Å². The Bertz CT molecular complexity index is 246. The van der Waals surface area contributed by atoms with E-state index >= 15 is 0 Å². The third-order valence-corrected chi connectivity index (χ3v) is 1.53. The second-order valence-corrected chi connectivity index (χ2v) is 2.45. The van der Waals surface area contributed by atoms with Gasteiger partial charge in [0.05, 0.1) is 0 Å². The summed E-state index contributed by atoms with van der Waals surface area (Å²) in [6, 6.07) is 9.69. The molecule has 12 heavy (non-hydrogen) atoms. The molecule has 0 atom stereocenters. The van der Waals surface area contributed by atoms with Gasteiger partial charge in [0.25, 0.3) is 0 Å². The summed E-state index contributed by atoms with van der Waals surface area (Å²) in [5.74, 6) is 0. The molecule has 0 aromatic heterocycles. The number of nitrogens with one attached hydrogen (secondary N) is 1. The first-order valence-electron chi connectivity index (χ1n) is 3.78. The van der Waals surface area contributed by atoms with Crippen molar-refractivity contribution >= 4 is 6.09 Å². The zero-order chi connectivity index (χ0) is 8.81. The fourth-order valence-corrected chi connectivity index (χ4v) is 0.954. The minimum Gasteiger partial charge on any atom is -0.318 e. The molecule has 3 heteroatoms. The largest absolute Gasteiger partial charge is 0.450 e. The normalized spacial score (nSPS) is 9.33. The Morgan fingerprint density at radius 2 is 1.92 bits per heavy atom. The number of benzene rings is 1. The predicted molar refractivity (Wildman–Crippen MR) is 44.2 cm³/mol. The fraction of sp³-hybridized carbons (Fsp3) is 0.222. The average molecular weight is 164 g/mol. The quantitative estimate of drug-likeness (QED) is 0.720. The second-order valence-electron chi connectivity index (χ2n) is 2.45. The number of hydrogen-bond acceptors (Lipinski definition) is 1. The van der Waals surface area contributed by atoms with Gasteiger partial charge in [-0.25, -0.2) is 9.90 Å². The highest BCUT2D eigenvalue weighted by atomic mass is 16.4. The summed E-state index contributed by atoms with van der Waals surface area (Å²) in [6.07, 6.45) is -0.514. The molecule has 63 valence electrons. The highest BCUT2D eigenvalue weighted by Gasteiger charge is 1.95. The van der Waals surface area contributed by atoms with Crippen molar-refractivity contribution in [3.05, 3.63) is 35.9 Å². The van der Waals surface area contributed by atoms with Crippen molar-refractivity contribution in [1.82, 2.24) is 5.32 Å². The van der Waals surface area contributed by atoms with Gasteiger partial charge in [0, 0.05) is 6.54 Å². The summed E-state index contributed by atoms with van der Waals surface area (Å²) >= 11 is 0. The SMILES string of the molecule is [O]C(=O)NCCc1ccccc1. The van der Waals surface area contributed by atoms with Gasteiger partial charge in [-0.2, -0.15) is 0 Å². The van der Waals surface area contributed by atoms with Crippen molar-refractivity contribution in [3.8, 4) is 0 Å². The monoisotopic (exact) mass is 164 g/mol. The first-order chi connectivity index (χ1) is 5.79. The Morgan fingerprint density at radius 3 is 2.50 bits per heavy atom. The lowest BCUT2D eigenvalue weighted by atomic mass is 10.1. The summed E-state index contributed by atoms with van der Waals surface area (Å²) in [6.45, 7) is 0.409. The number of rotatable bonds is 3. The van der Waals surface area contributed by atoms with Crippen LogP contribution in [0.25, 0.3) is 0 Å². The number of carbonyl (C=O) groups is 1. The Morgan fingerprint density at radius 1 is 1.25 bits per heavy atom. The fourth-order valence-electron chi connectivity index (χ4n) is 0.954. The van der Waals surface area contributed by atoms with E-state index in [1.54, 1.807) is 0 Å². The molecule has 1 aromatic carbocycles. The first-order valence-corrected chi connectivity index (χ1v) is 3.78. The van der Waals surface area contributed by atoms with E-state index < -0.39 is 6.09 Å². The molecule has 0 aliphatic rings. The van der Waals surface area contributed by atoms with E-state index in [-0.39, 0.29) is 0 Å². The molecule has 0 unspecified atom stereocenters. The molecule has 0 bridgehead atoms. The second kappa shape index (κ2) is 4.38. The summed E-state index contributed by atoms with van der Waals surface area (Å²) in [5.41, 5.74) is 1.12. The molecule has 1 N–H and O–H groups in total. The molecule has 3 nitrogen and oxygen atoms in total. The van der Waals surface area contributed by atoms with Crippen LogP contribution >= 0.6 is 0 Å². The van der Waals surface area contributed by atoms with Crippen molar-refractivity contribution in [2.45, 2.75) is 6.42 Å². The van der Waals surface area contributed by atoms with Gasteiger partial charge in [0.1, 0.15) is 0 Å². The van der Waals surface area contributed by atoms with Crippen LogP contribution in [0.1, 0.15) is 5.56 Å². The highest BCUT2D eigenvalue weighted by Crippen LogP contribution is 1.97. The zero-order valence-electron chi connectivity index (χ0n) is 6.62. The van der Waals surface area contributed by atoms with E-state index in [4.69, 9.17) is 0 Å². The lowest BCUT2D eigenvalue weighted by Gasteiger charge is -1.99. The number of amides is 1. The van der Waals surface area contributed by atoms with E-state index in [2.05, 4.69) is 5.32 Å². The summed E-state index contributed by atoms with van der Waals surface area (Å²) < 4.78 is 0. The maximum Gasteiger partial charge on any atom is 0.450 e. The van der Waals surface area contributed by atoms with Crippen molar-refractivity contribution in [1.29, 1.82) is 0 Å². The molecule has 0 saturated carbocycles. The van der Waals surface area contributed by atoms with Crippen LogP contribution in [0.15, 0.2) is 30.3 Å². The van der Waals surface area contributed by atoms with Gasteiger partial charge < -0.3 is 5.32 Å². The average Bonchev–Trinajstić information content (AvgIpc) is 2.05. The Hall–Kier alpha value is -1.51. The minimum atomic E-state index is -1.22. The van der Waals surface area contributed by atoms with Crippen LogP contribution in [-0.4, -0.2) is 12.6 Å². The van der Waals surface area contributed by atoms with Crippen LogP contribution in [0.3, 0.4) is 0 Å². The van der Waals surface area contributed by atoms with E-state index in [0.29, 0.717) is 13.0 Å². The molecule has 1 aromatic rings. The molecule has 0 spiro atoms. The van der Waals surface area contributed by atoms with Crippen molar-refractivity contribution in [3.63, 3.8) is 0 Å². The van der Waals surface area contributed by atoms with E-state index in [1.807, 2.05) is 30.3 Å². The van der Waals surface area contributed by atoms with Crippen LogP contribution in [0.5, 0.6) is 0 Å². The molecule has 1 rings (SSSR count). The molecule has 1 amide bonds. The molecular formula is C9H10NO2. The van der Waals surface area contributed by atoms with Crippen molar-refractivity contribution < 1.29 is 9.90 Å². The van der Waals surface area contributed by atoms with E-state index in [1.165, 1.54) is 0 Å². The van der Waals surface area contributed by atoms with Crippen LogP contribution in [0, 0.1) is 0 Å². The van der Waals surface area contributed by atoms with Crippen LogP contribution in [0.2, 0.25) is 0 Å². The molecule has 0 aliphatic carbocycles. The Balaban J connectivity index is 2.29. The molecule has 0 aliphatic heterocycles. The third-order valence-electron chi connectivity index (χ3n) is 1.53. The number of carbonyl (C=O) groups excluding carboxylic acids is 1.